The summed E-state index contributed by atoms with van der Waals surface area (Å²) in [5.41, 5.74) is -0.961. The number of fused-ring (bicyclic) bond motifs is 3. The van der Waals surface area contributed by atoms with Crippen molar-refractivity contribution >= 4 is 22.8 Å². The van der Waals surface area contributed by atoms with E-state index in [-0.39, 0.29) is 11.3 Å². The molecule has 0 radical (unpaired) electrons. The SMILES string of the molecule is O=C(O)C1Oc2ccc3ccccc3c2C=C1C(F)(F)F. The van der Waals surface area contributed by atoms with E-state index in [2.05, 4.69) is 0 Å². The van der Waals surface area contributed by atoms with Crippen LogP contribution in [0.5, 0.6) is 5.75 Å². The van der Waals surface area contributed by atoms with Gasteiger partial charge in [-0.3, -0.25) is 0 Å². The Morgan fingerprint density at radius 3 is 2.52 bits per heavy atom. The molecule has 1 aliphatic rings. The Morgan fingerprint density at radius 2 is 1.86 bits per heavy atom. The van der Waals surface area contributed by atoms with Crippen molar-refractivity contribution in [3.63, 3.8) is 0 Å². The van der Waals surface area contributed by atoms with E-state index in [0.29, 0.717) is 5.39 Å². The number of carboxylic acid groups (broad SMARTS) is 1. The van der Waals surface area contributed by atoms with Crippen molar-refractivity contribution in [1.29, 1.82) is 0 Å². The van der Waals surface area contributed by atoms with Crippen molar-refractivity contribution in [2.24, 2.45) is 0 Å². The fourth-order valence-corrected chi connectivity index (χ4v) is 2.36. The number of halogens is 3. The maximum atomic E-state index is 13.0. The highest BCUT2D eigenvalue weighted by atomic mass is 19.4. The molecule has 0 bridgehead atoms. The normalized spacial score (nSPS) is 17.9. The smallest absolute Gasteiger partial charge is 0.416 e. The zero-order valence-electron chi connectivity index (χ0n) is 10.5. The lowest BCUT2D eigenvalue weighted by Gasteiger charge is -2.26. The molecule has 1 atom stereocenters. The van der Waals surface area contributed by atoms with Gasteiger partial charge in [0.25, 0.3) is 0 Å². The molecule has 1 heterocycles. The summed E-state index contributed by atoms with van der Waals surface area (Å²) in [6.45, 7) is 0. The average Bonchev–Trinajstić information content (AvgIpc) is 2.44. The number of carbonyl (C=O) groups is 1. The van der Waals surface area contributed by atoms with Crippen molar-refractivity contribution in [2.45, 2.75) is 12.3 Å². The minimum Gasteiger partial charge on any atom is -0.478 e. The second-order valence-electron chi connectivity index (χ2n) is 4.63. The summed E-state index contributed by atoms with van der Waals surface area (Å²) in [5.74, 6) is -1.54. The van der Waals surface area contributed by atoms with Crippen LogP contribution in [0.2, 0.25) is 0 Å². The molecule has 2 aromatic carbocycles. The van der Waals surface area contributed by atoms with Crippen LogP contribution < -0.4 is 4.74 Å². The molecule has 0 saturated carbocycles. The molecule has 0 saturated heterocycles. The highest BCUT2D eigenvalue weighted by molar-refractivity contribution is 5.95. The van der Waals surface area contributed by atoms with Crippen LogP contribution in [0.3, 0.4) is 0 Å². The first-order valence-corrected chi connectivity index (χ1v) is 6.08. The van der Waals surface area contributed by atoms with E-state index in [9.17, 15) is 18.0 Å². The van der Waals surface area contributed by atoms with Crippen molar-refractivity contribution in [3.05, 3.63) is 47.5 Å². The summed E-state index contributed by atoms with van der Waals surface area (Å²) >= 11 is 0. The second-order valence-corrected chi connectivity index (χ2v) is 4.63. The van der Waals surface area contributed by atoms with Crippen molar-refractivity contribution in [2.75, 3.05) is 0 Å². The monoisotopic (exact) mass is 294 g/mol. The number of alkyl halides is 3. The Hall–Kier alpha value is -2.50. The summed E-state index contributed by atoms with van der Waals surface area (Å²) < 4.78 is 44.2. The zero-order chi connectivity index (χ0) is 15.2. The summed E-state index contributed by atoms with van der Waals surface area (Å²) in [4.78, 5) is 11.0. The Kier molecular flexibility index (Phi) is 2.90. The van der Waals surface area contributed by atoms with Crippen LogP contribution in [0.1, 0.15) is 5.56 Å². The van der Waals surface area contributed by atoms with E-state index < -0.39 is 23.8 Å². The standard InChI is InChI=1S/C15H9F3O3/c16-15(17,18)11-7-10-9-4-2-1-3-8(9)5-6-12(10)21-13(11)14(19)20/h1-7,13H,(H,19,20). The zero-order valence-corrected chi connectivity index (χ0v) is 10.5. The number of hydrogen-bond donors (Lipinski definition) is 1. The van der Waals surface area contributed by atoms with Crippen LogP contribution >= 0.6 is 0 Å². The van der Waals surface area contributed by atoms with Crippen LogP contribution in [-0.2, 0) is 4.79 Å². The average molecular weight is 294 g/mol. The molecule has 1 aliphatic heterocycles. The van der Waals surface area contributed by atoms with Crippen LogP contribution in [0.25, 0.3) is 16.8 Å². The second kappa shape index (κ2) is 4.51. The van der Waals surface area contributed by atoms with Gasteiger partial charge in [0.1, 0.15) is 5.75 Å². The third kappa shape index (κ3) is 2.22. The van der Waals surface area contributed by atoms with Gasteiger partial charge in [0.05, 0.1) is 5.57 Å². The van der Waals surface area contributed by atoms with Crippen molar-refractivity contribution < 1.29 is 27.8 Å². The van der Waals surface area contributed by atoms with Gasteiger partial charge in [-0.1, -0.05) is 30.3 Å². The number of carboxylic acids is 1. The molecule has 0 amide bonds. The van der Waals surface area contributed by atoms with Gasteiger partial charge >= 0.3 is 12.1 Å². The molecule has 21 heavy (non-hydrogen) atoms. The van der Waals surface area contributed by atoms with Gasteiger partial charge in [0.15, 0.2) is 0 Å². The lowest BCUT2D eigenvalue weighted by molar-refractivity contribution is -0.150. The Labute approximate surface area is 117 Å². The molecule has 1 N–H and O–H groups in total. The minimum atomic E-state index is -4.77. The fourth-order valence-electron chi connectivity index (χ4n) is 2.36. The Bertz CT molecular complexity index is 762. The van der Waals surface area contributed by atoms with E-state index in [1.165, 1.54) is 6.07 Å². The lowest BCUT2D eigenvalue weighted by Crippen LogP contribution is -2.37. The molecule has 6 heteroatoms. The first-order chi connectivity index (χ1) is 9.88. The Morgan fingerprint density at radius 1 is 1.14 bits per heavy atom. The van der Waals surface area contributed by atoms with Gasteiger partial charge in [-0.2, -0.15) is 13.2 Å². The third-order valence-electron chi connectivity index (χ3n) is 3.31. The molecular weight excluding hydrogens is 285 g/mol. The van der Waals surface area contributed by atoms with Gasteiger partial charge in [0.2, 0.25) is 6.10 Å². The molecule has 0 spiro atoms. The van der Waals surface area contributed by atoms with Gasteiger partial charge < -0.3 is 9.84 Å². The summed E-state index contributed by atoms with van der Waals surface area (Å²) in [6.07, 6.45) is -5.95. The minimum absolute atomic E-state index is 0.133. The number of aliphatic carboxylic acids is 1. The molecule has 0 fully saturated rings. The van der Waals surface area contributed by atoms with Gasteiger partial charge in [-0.15, -0.1) is 0 Å². The van der Waals surface area contributed by atoms with Crippen LogP contribution in [0, 0.1) is 0 Å². The molecule has 0 aromatic heterocycles. The first kappa shape index (κ1) is 13.5. The van der Waals surface area contributed by atoms with E-state index in [1.54, 1.807) is 30.3 Å². The fraction of sp³-hybridized carbons (Fsp3) is 0.133. The highest BCUT2D eigenvalue weighted by Crippen LogP contribution is 2.40. The summed E-state index contributed by atoms with van der Waals surface area (Å²) in [5, 5.41) is 10.3. The predicted octanol–water partition coefficient (Wildman–Crippen LogP) is 3.63. The summed E-state index contributed by atoms with van der Waals surface area (Å²) in [7, 11) is 0. The maximum absolute atomic E-state index is 13.0. The van der Waals surface area contributed by atoms with E-state index in [4.69, 9.17) is 9.84 Å². The Balaban J connectivity index is 2.27. The number of benzene rings is 2. The van der Waals surface area contributed by atoms with E-state index >= 15 is 0 Å². The number of ether oxygens (including phenoxy) is 1. The van der Waals surface area contributed by atoms with E-state index in [1.807, 2.05) is 0 Å². The summed E-state index contributed by atoms with van der Waals surface area (Å²) in [6, 6.07) is 10.1. The number of rotatable bonds is 1. The third-order valence-corrected chi connectivity index (χ3v) is 3.31. The molecule has 0 aliphatic carbocycles. The van der Waals surface area contributed by atoms with Crippen LogP contribution in [0.15, 0.2) is 42.0 Å². The topological polar surface area (TPSA) is 46.5 Å². The van der Waals surface area contributed by atoms with Crippen LogP contribution in [0.4, 0.5) is 13.2 Å². The molecule has 1 unspecified atom stereocenters. The largest absolute Gasteiger partial charge is 0.478 e. The lowest BCUT2D eigenvalue weighted by atomic mass is 9.96. The highest BCUT2D eigenvalue weighted by Gasteiger charge is 2.45. The van der Waals surface area contributed by atoms with Gasteiger partial charge in [-0.05, 0) is 22.9 Å². The molecular formula is C15H9F3O3. The van der Waals surface area contributed by atoms with E-state index in [0.717, 1.165) is 11.5 Å². The van der Waals surface area contributed by atoms with Gasteiger partial charge in [-0.25, -0.2) is 4.79 Å². The van der Waals surface area contributed by atoms with Crippen LogP contribution in [-0.4, -0.2) is 23.4 Å². The predicted molar refractivity (Wildman–Crippen MR) is 70.0 cm³/mol. The molecule has 3 rings (SSSR count). The maximum Gasteiger partial charge on any atom is 0.416 e. The quantitative estimate of drug-likeness (QED) is 0.873. The first-order valence-electron chi connectivity index (χ1n) is 6.08. The van der Waals surface area contributed by atoms with Gasteiger partial charge in [0, 0.05) is 5.56 Å². The molecule has 2 aromatic rings. The number of hydrogen-bond acceptors (Lipinski definition) is 2. The van der Waals surface area contributed by atoms with Crippen molar-refractivity contribution in [1.82, 2.24) is 0 Å². The van der Waals surface area contributed by atoms with Crippen molar-refractivity contribution in [3.8, 4) is 5.75 Å². The molecule has 108 valence electrons. The molecule has 3 nitrogen and oxygen atoms in total.